The second-order valence-electron chi connectivity index (χ2n) is 5.12. The Labute approximate surface area is 147 Å². The Kier molecular flexibility index (Phi) is 4.18. The summed E-state index contributed by atoms with van der Waals surface area (Å²) in [6, 6.07) is 10.4. The maximum atomic E-state index is 12.8. The van der Waals surface area contributed by atoms with Crippen molar-refractivity contribution in [2.75, 3.05) is 10.8 Å². The van der Waals surface area contributed by atoms with E-state index in [2.05, 4.69) is 21.2 Å². The summed E-state index contributed by atoms with van der Waals surface area (Å²) in [5.41, 5.74) is 0.509. The van der Waals surface area contributed by atoms with Gasteiger partial charge >= 0.3 is 0 Å². The summed E-state index contributed by atoms with van der Waals surface area (Å²) in [6.07, 6.45) is 0. The number of hydrogen-bond acceptors (Lipinski definition) is 4. The van der Waals surface area contributed by atoms with Crippen LogP contribution in [0.1, 0.15) is 27.6 Å². The van der Waals surface area contributed by atoms with Gasteiger partial charge in [0.25, 0.3) is 21.8 Å². The number of benzene rings is 2. The molecular weight excluding hydrogens is 396 g/mol. The highest BCUT2D eigenvalue weighted by atomic mass is 79.9. The molecule has 0 saturated heterocycles. The molecule has 0 radical (unpaired) electrons. The van der Waals surface area contributed by atoms with E-state index in [9.17, 15) is 18.0 Å². The van der Waals surface area contributed by atoms with Crippen molar-refractivity contribution < 1.29 is 18.0 Å². The largest absolute Gasteiger partial charge is 0.352 e. The molecule has 2 aromatic carbocycles. The van der Waals surface area contributed by atoms with E-state index in [4.69, 9.17) is 0 Å². The van der Waals surface area contributed by atoms with Gasteiger partial charge in [0, 0.05) is 16.6 Å². The van der Waals surface area contributed by atoms with Crippen LogP contribution in [-0.2, 0) is 10.0 Å². The number of nitrogens with one attached hydrogen (secondary N) is 1. The van der Waals surface area contributed by atoms with Crippen molar-refractivity contribution in [3.05, 3.63) is 58.1 Å². The van der Waals surface area contributed by atoms with Crippen LogP contribution in [0.25, 0.3) is 0 Å². The van der Waals surface area contributed by atoms with Gasteiger partial charge in [-0.15, -0.1) is 0 Å². The molecule has 1 heterocycles. The Bertz CT molecular complexity index is 939. The maximum absolute atomic E-state index is 12.8. The molecule has 6 nitrogen and oxygen atoms in total. The predicted octanol–water partition coefficient (Wildman–Crippen LogP) is 2.55. The Morgan fingerprint density at radius 2 is 1.83 bits per heavy atom. The second kappa shape index (κ2) is 6.03. The lowest BCUT2D eigenvalue weighted by molar-refractivity contribution is 0.0953. The van der Waals surface area contributed by atoms with Crippen LogP contribution in [-0.4, -0.2) is 26.8 Å². The molecule has 124 valence electrons. The number of carbonyl (C=O) groups excluding carboxylic acids is 2. The van der Waals surface area contributed by atoms with Crippen LogP contribution in [0.5, 0.6) is 0 Å². The van der Waals surface area contributed by atoms with Crippen molar-refractivity contribution in [3.8, 4) is 0 Å². The Morgan fingerprint density at radius 1 is 1.17 bits per heavy atom. The molecule has 24 heavy (non-hydrogen) atoms. The topological polar surface area (TPSA) is 83.6 Å². The summed E-state index contributed by atoms with van der Waals surface area (Å²) in [6.45, 7) is 2.19. The van der Waals surface area contributed by atoms with Crippen molar-refractivity contribution in [2.24, 2.45) is 0 Å². The SMILES string of the molecule is CCNC(=O)c1ccc2c(c1)S(=O)(=O)N(c1ccc(Br)cc1)C2=O. The maximum Gasteiger partial charge on any atom is 0.273 e. The fourth-order valence-electron chi connectivity index (χ4n) is 2.47. The van der Waals surface area contributed by atoms with Gasteiger partial charge in [0.1, 0.15) is 4.90 Å². The van der Waals surface area contributed by atoms with Gasteiger partial charge in [-0.05, 0) is 49.4 Å². The summed E-state index contributed by atoms with van der Waals surface area (Å²) >= 11 is 3.27. The van der Waals surface area contributed by atoms with Crippen LogP contribution >= 0.6 is 15.9 Å². The van der Waals surface area contributed by atoms with Crippen LogP contribution in [0.3, 0.4) is 0 Å². The van der Waals surface area contributed by atoms with Gasteiger partial charge in [-0.25, -0.2) is 8.42 Å². The van der Waals surface area contributed by atoms with E-state index in [0.29, 0.717) is 6.54 Å². The monoisotopic (exact) mass is 408 g/mol. The third-order valence-electron chi connectivity index (χ3n) is 3.58. The van der Waals surface area contributed by atoms with Crippen LogP contribution in [0.15, 0.2) is 51.8 Å². The van der Waals surface area contributed by atoms with E-state index in [-0.39, 0.29) is 27.6 Å². The van der Waals surface area contributed by atoms with Gasteiger partial charge in [-0.1, -0.05) is 15.9 Å². The molecular formula is C16H13BrN2O4S. The minimum absolute atomic E-state index is 0.0611. The fourth-order valence-corrected chi connectivity index (χ4v) is 4.35. The predicted molar refractivity (Wildman–Crippen MR) is 92.6 cm³/mol. The normalized spacial score (nSPS) is 15.2. The number of halogens is 1. The smallest absolute Gasteiger partial charge is 0.273 e. The van der Waals surface area contributed by atoms with E-state index in [1.807, 2.05) is 0 Å². The number of sulfonamides is 1. The van der Waals surface area contributed by atoms with Crippen molar-refractivity contribution in [1.82, 2.24) is 5.32 Å². The Morgan fingerprint density at radius 3 is 2.46 bits per heavy atom. The Balaban J connectivity index is 2.10. The molecule has 2 aromatic rings. The molecule has 0 atom stereocenters. The highest BCUT2D eigenvalue weighted by Crippen LogP contribution is 2.35. The van der Waals surface area contributed by atoms with Gasteiger partial charge < -0.3 is 5.32 Å². The standard InChI is InChI=1S/C16H13BrN2O4S/c1-2-18-15(20)10-3-8-13-14(9-10)24(22,23)19(16(13)21)12-6-4-11(17)5-7-12/h3-9H,2H2,1H3,(H,18,20). The molecule has 0 aliphatic carbocycles. The zero-order chi connectivity index (χ0) is 17.5. The first-order valence-electron chi connectivity index (χ1n) is 7.13. The summed E-state index contributed by atoms with van der Waals surface area (Å²) in [5, 5.41) is 2.60. The van der Waals surface area contributed by atoms with Gasteiger partial charge in [-0.2, -0.15) is 4.31 Å². The van der Waals surface area contributed by atoms with Crippen molar-refractivity contribution in [1.29, 1.82) is 0 Å². The average molecular weight is 409 g/mol. The van der Waals surface area contributed by atoms with E-state index >= 15 is 0 Å². The van der Waals surface area contributed by atoms with E-state index < -0.39 is 15.9 Å². The number of rotatable bonds is 3. The fraction of sp³-hybridized carbons (Fsp3) is 0.125. The highest BCUT2D eigenvalue weighted by Gasteiger charge is 2.42. The molecule has 0 spiro atoms. The van der Waals surface area contributed by atoms with E-state index in [0.717, 1.165) is 8.78 Å². The first-order valence-corrected chi connectivity index (χ1v) is 9.37. The third-order valence-corrected chi connectivity index (χ3v) is 5.86. The van der Waals surface area contributed by atoms with E-state index in [1.165, 1.54) is 30.3 Å². The minimum atomic E-state index is -4.04. The molecule has 8 heteroatoms. The lowest BCUT2D eigenvalue weighted by Crippen LogP contribution is -2.29. The molecule has 1 aliphatic heterocycles. The summed E-state index contributed by atoms with van der Waals surface area (Å²) in [4.78, 5) is 24.3. The molecule has 0 unspecified atom stereocenters. The summed E-state index contributed by atoms with van der Waals surface area (Å²) < 4.78 is 27.1. The van der Waals surface area contributed by atoms with Gasteiger partial charge in [0.05, 0.1) is 11.3 Å². The highest BCUT2D eigenvalue weighted by molar-refractivity contribution is 9.10. The average Bonchev–Trinajstić information content (AvgIpc) is 2.75. The molecule has 0 fully saturated rings. The van der Waals surface area contributed by atoms with Crippen LogP contribution in [0.4, 0.5) is 5.69 Å². The zero-order valence-electron chi connectivity index (χ0n) is 12.6. The third kappa shape index (κ3) is 2.61. The number of hydrogen-bond donors (Lipinski definition) is 1. The van der Waals surface area contributed by atoms with Crippen molar-refractivity contribution in [3.63, 3.8) is 0 Å². The number of nitrogens with zero attached hydrogens (tertiary/aromatic N) is 1. The van der Waals surface area contributed by atoms with Gasteiger partial charge in [0.15, 0.2) is 0 Å². The van der Waals surface area contributed by atoms with Crippen molar-refractivity contribution >= 4 is 43.5 Å². The molecule has 0 saturated carbocycles. The van der Waals surface area contributed by atoms with Gasteiger partial charge in [-0.3, -0.25) is 9.59 Å². The van der Waals surface area contributed by atoms with Crippen LogP contribution in [0, 0.1) is 0 Å². The molecule has 2 amide bonds. The quantitative estimate of drug-likeness (QED) is 0.845. The number of fused-ring (bicyclic) bond motifs is 1. The van der Waals surface area contributed by atoms with Crippen molar-refractivity contribution in [2.45, 2.75) is 11.8 Å². The molecule has 0 bridgehead atoms. The summed E-state index contributed by atoms with van der Waals surface area (Å²) in [5.74, 6) is -1.01. The zero-order valence-corrected chi connectivity index (χ0v) is 15.0. The van der Waals surface area contributed by atoms with Crippen LogP contribution < -0.4 is 9.62 Å². The molecule has 3 rings (SSSR count). The first-order chi connectivity index (χ1) is 11.4. The van der Waals surface area contributed by atoms with Crippen LogP contribution in [0.2, 0.25) is 0 Å². The van der Waals surface area contributed by atoms with Gasteiger partial charge in [0.2, 0.25) is 0 Å². The second-order valence-corrected chi connectivity index (χ2v) is 7.79. The lowest BCUT2D eigenvalue weighted by Gasteiger charge is -2.15. The molecule has 1 N–H and O–H groups in total. The van der Waals surface area contributed by atoms with E-state index in [1.54, 1.807) is 19.1 Å². The molecule has 1 aliphatic rings. The summed E-state index contributed by atoms with van der Waals surface area (Å²) in [7, 11) is -4.04. The lowest BCUT2D eigenvalue weighted by atomic mass is 10.1. The number of anilines is 1. The Hall–Kier alpha value is -2.19. The molecule has 0 aromatic heterocycles. The first kappa shape index (κ1) is 16.7. The number of amides is 2. The number of carbonyl (C=O) groups is 2. The minimum Gasteiger partial charge on any atom is -0.352 e.